The quantitative estimate of drug-likeness (QED) is 0.762. The van der Waals surface area contributed by atoms with Crippen LogP contribution in [-0.4, -0.2) is 30.7 Å². The van der Waals surface area contributed by atoms with Crippen molar-refractivity contribution in [2.24, 2.45) is 0 Å². The second-order valence-corrected chi connectivity index (χ2v) is 6.18. The summed E-state index contributed by atoms with van der Waals surface area (Å²) in [5, 5.41) is 11.8. The maximum absolute atomic E-state index is 12.7. The molecule has 0 spiro atoms. The van der Waals surface area contributed by atoms with Crippen LogP contribution in [0, 0.1) is 0 Å². The van der Waals surface area contributed by atoms with Gasteiger partial charge >= 0.3 is 12.6 Å². The van der Waals surface area contributed by atoms with E-state index in [4.69, 9.17) is 4.74 Å². The van der Waals surface area contributed by atoms with Crippen LogP contribution in [0.5, 0.6) is 11.5 Å². The molecule has 0 aromatic heterocycles. The summed E-state index contributed by atoms with van der Waals surface area (Å²) in [7, 11) is 1.28. The number of halogens is 2. The van der Waals surface area contributed by atoms with Gasteiger partial charge in [0.1, 0.15) is 0 Å². The zero-order chi connectivity index (χ0) is 20.2. The van der Waals surface area contributed by atoms with Crippen LogP contribution in [0.4, 0.5) is 14.5 Å². The van der Waals surface area contributed by atoms with Gasteiger partial charge < -0.3 is 19.9 Å². The van der Waals surface area contributed by atoms with Crippen molar-refractivity contribution in [3.8, 4) is 11.5 Å². The summed E-state index contributed by atoms with van der Waals surface area (Å²) in [5.41, 5.74) is -0.287. The number of anilines is 1. The smallest absolute Gasteiger partial charge is 0.387 e. The van der Waals surface area contributed by atoms with E-state index in [1.54, 1.807) is 26.0 Å². The topological polar surface area (TPSA) is 84.9 Å². The van der Waals surface area contributed by atoms with Crippen LogP contribution in [-0.2, 0) is 10.2 Å². The lowest BCUT2D eigenvalue weighted by Crippen LogP contribution is -2.28. The Morgan fingerprint density at radius 2 is 1.74 bits per heavy atom. The fourth-order valence-electron chi connectivity index (χ4n) is 2.36. The fraction of sp³-hybridized carbons (Fsp3) is 0.263. The number of para-hydroxylation sites is 1. The van der Waals surface area contributed by atoms with Gasteiger partial charge in [-0.1, -0.05) is 18.2 Å². The molecule has 0 heterocycles. The number of hydrogen-bond acceptors (Lipinski definition) is 4. The number of rotatable bonds is 7. The first-order chi connectivity index (χ1) is 12.7. The summed E-state index contributed by atoms with van der Waals surface area (Å²) < 4.78 is 34.7. The molecule has 0 saturated heterocycles. The van der Waals surface area contributed by atoms with Gasteiger partial charge in [-0.05, 0) is 43.7 Å². The first-order valence-corrected chi connectivity index (χ1v) is 7.94. The average molecular weight is 379 g/mol. The summed E-state index contributed by atoms with van der Waals surface area (Å²) in [6, 6.07) is 10.4. The third-order valence-electron chi connectivity index (χ3n) is 4.05. The summed E-state index contributed by atoms with van der Waals surface area (Å²) in [6.45, 7) is 0.00523. The van der Waals surface area contributed by atoms with Gasteiger partial charge in [-0.15, -0.1) is 0 Å². The summed E-state index contributed by atoms with van der Waals surface area (Å²) in [4.78, 5) is 23.8. The molecule has 8 heteroatoms. The van der Waals surface area contributed by atoms with Gasteiger partial charge in [0.2, 0.25) is 0 Å². The first-order valence-electron chi connectivity index (χ1n) is 7.94. The molecule has 0 fully saturated rings. The zero-order valence-corrected chi connectivity index (χ0v) is 15.0. The third kappa shape index (κ3) is 4.52. The molecule has 0 unspecified atom stereocenters. The minimum atomic E-state index is -3.12. The Morgan fingerprint density at radius 1 is 1.11 bits per heavy atom. The van der Waals surface area contributed by atoms with Gasteiger partial charge in [-0.3, -0.25) is 9.59 Å². The number of benzene rings is 2. The number of carbonyl (C=O) groups is 2. The number of ether oxygens (including phenoxy) is 2. The number of aliphatic carboxylic acids is 1. The van der Waals surface area contributed by atoms with Crippen LogP contribution in [0.15, 0.2) is 42.5 Å². The van der Waals surface area contributed by atoms with Crippen molar-refractivity contribution in [1.82, 2.24) is 0 Å². The van der Waals surface area contributed by atoms with Crippen LogP contribution >= 0.6 is 0 Å². The number of nitrogens with one attached hydrogen (secondary N) is 1. The molecule has 27 heavy (non-hydrogen) atoms. The zero-order valence-electron chi connectivity index (χ0n) is 15.0. The van der Waals surface area contributed by atoms with Gasteiger partial charge in [-0.25, -0.2) is 0 Å². The van der Waals surface area contributed by atoms with E-state index in [2.05, 4.69) is 10.1 Å². The highest BCUT2D eigenvalue weighted by molar-refractivity contribution is 6.06. The van der Waals surface area contributed by atoms with Crippen LogP contribution in [0.2, 0.25) is 0 Å². The van der Waals surface area contributed by atoms with Crippen molar-refractivity contribution in [3.63, 3.8) is 0 Å². The van der Waals surface area contributed by atoms with Crippen molar-refractivity contribution < 1.29 is 33.0 Å². The Hall–Kier alpha value is -3.16. The van der Waals surface area contributed by atoms with Crippen LogP contribution in [0.25, 0.3) is 0 Å². The molecule has 0 aliphatic heterocycles. The summed E-state index contributed by atoms with van der Waals surface area (Å²) in [6.07, 6.45) is 0. The largest absolute Gasteiger partial charge is 0.493 e. The van der Waals surface area contributed by atoms with Gasteiger partial charge in [-0.2, -0.15) is 8.78 Å². The van der Waals surface area contributed by atoms with E-state index in [-0.39, 0.29) is 17.1 Å². The highest BCUT2D eigenvalue weighted by Crippen LogP contribution is 2.33. The molecular weight excluding hydrogens is 360 g/mol. The molecule has 2 rings (SSSR count). The molecule has 0 aliphatic rings. The van der Waals surface area contributed by atoms with E-state index < -0.39 is 23.9 Å². The predicted octanol–water partition coefficient (Wildman–Crippen LogP) is 3.91. The van der Waals surface area contributed by atoms with E-state index in [0.29, 0.717) is 11.3 Å². The second kappa shape index (κ2) is 8.03. The van der Waals surface area contributed by atoms with Crippen molar-refractivity contribution in [1.29, 1.82) is 0 Å². The number of carboxylic acids is 1. The maximum Gasteiger partial charge on any atom is 0.387 e. The van der Waals surface area contributed by atoms with E-state index in [9.17, 15) is 23.5 Å². The number of hydrogen-bond donors (Lipinski definition) is 2. The Kier molecular flexibility index (Phi) is 5.99. The molecule has 0 bridgehead atoms. The minimum absolute atomic E-state index is 0.00139. The molecule has 2 aromatic carbocycles. The van der Waals surface area contributed by atoms with Crippen molar-refractivity contribution in [2.75, 3.05) is 12.4 Å². The lowest BCUT2D eigenvalue weighted by Gasteiger charge is -2.20. The monoisotopic (exact) mass is 379 g/mol. The van der Waals surface area contributed by atoms with Gasteiger partial charge in [0.05, 0.1) is 18.1 Å². The van der Waals surface area contributed by atoms with Crippen LogP contribution in [0.3, 0.4) is 0 Å². The van der Waals surface area contributed by atoms with Gasteiger partial charge in [0, 0.05) is 5.69 Å². The second-order valence-electron chi connectivity index (χ2n) is 6.18. The normalized spacial score (nSPS) is 11.2. The molecule has 0 saturated carbocycles. The minimum Gasteiger partial charge on any atom is -0.493 e. The SMILES string of the molecule is COc1cccc(C(=O)Nc2ccc(C(C)(C)C(=O)O)cc2)c1OC(F)F. The van der Waals surface area contributed by atoms with E-state index >= 15 is 0 Å². The van der Waals surface area contributed by atoms with Crippen molar-refractivity contribution >= 4 is 17.6 Å². The van der Waals surface area contributed by atoms with Gasteiger partial charge in [0.25, 0.3) is 5.91 Å². The standard InChI is InChI=1S/C19H19F2NO5/c1-19(2,17(24)25)11-7-9-12(10-8-11)22-16(23)13-5-4-6-14(26-3)15(13)27-18(20)21/h4-10,18H,1-3H3,(H,22,23)(H,24,25). The molecule has 1 amide bonds. The molecule has 0 aliphatic carbocycles. The number of carboxylic acid groups (broad SMARTS) is 1. The highest BCUT2D eigenvalue weighted by atomic mass is 19.3. The third-order valence-corrected chi connectivity index (χ3v) is 4.05. The van der Waals surface area contributed by atoms with E-state index in [1.807, 2.05) is 0 Å². The van der Waals surface area contributed by atoms with Crippen molar-refractivity contribution in [3.05, 3.63) is 53.6 Å². The first kappa shape index (κ1) is 20.2. The summed E-state index contributed by atoms with van der Waals surface area (Å²) >= 11 is 0. The van der Waals surface area contributed by atoms with E-state index in [0.717, 1.165) is 0 Å². The lowest BCUT2D eigenvalue weighted by molar-refractivity contribution is -0.142. The Morgan fingerprint density at radius 3 is 2.26 bits per heavy atom. The average Bonchev–Trinajstić information content (AvgIpc) is 2.61. The number of alkyl halides is 2. The Balaban J connectivity index is 2.26. The van der Waals surface area contributed by atoms with Crippen LogP contribution in [0.1, 0.15) is 29.8 Å². The molecule has 0 atom stereocenters. The molecule has 2 N–H and O–H groups in total. The molecular formula is C19H19F2NO5. The van der Waals surface area contributed by atoms with Crippen molar-refractivity contribution in [2.45, 2.75) is 25.9 Å². The van der Waals surface area contributed by atoms with E-state index in [1.165, 1.54) is 37.4 Å². The maximum atomic E-state index is 12.7. The summed E-state index contributed by atoms with van der Waals surface area (Å²) in [5.74, 6) is -2.02. The van der Waals surface area contributed by atoms with Crippen LogP contribution < -0.4 is 14.8 Å². The van der Waals surface area contributed by atoms with Gasteiger partial charge in [0.15, 0.2) is 11.5 Å². The lowest BCUT2D eigenvalue weighted by atomic mass is 9.85. The highest BCUT2D eigenvalue weighted by Gasteiger charge is 2.29. The molecule has 144 valence electrons. The molecule has 0 radical (unpaired) electrons. The molecule has 2 aromatic rings. The molecule has 6 nitrogen and oxygen atoms in total. The Bertz CT molecular complexity index is 834. The Labute approximate surface area is 154 Å². The fourth-order valence-corrected chi connectivity index (χ4v) is 2.36. The number of methoxy groups -OCH3 is 1. The number of amides is 1. The predicted molar refractivity (Wildman–Crippen MR) is 94.7 cm³/mol. The number of carbonyl (C=O) groups excluding carboxylic acids is 1.